The summed E-state index contributed by atoms with van der Waals surface area (Å²) in [5, 5.41) is 13.8. The number of nitrogens with one attached hydrogen (secondary N) is 1. The molecule has 0 aliphatic rings. The van der Waals surface area contributed by atoms with Crippen LogP contribution in [-0.2, 0) is 6.42 Å². The van der Waals surface area contributed by atoms with Gasteiger partial charge < -0.3 is 15.4 Å². The number of aromatic nitrogens is 1. The highest BCUT2D eigenvalue weighted by Crippen LogP contribution is 2.19. The minimum Gasteiger partial charge on any atom is -0.378 e. The maximum atomic E-state index is 10.8. The molecule has 0 saturated heterocycles. The van der Waals surface area contributed by atoms with Crippen LogP contribution in [0, 0.1) is 10.1 Å². The molecule has 92 valence electrons. The number of nitro groups is 1. The van der Waals surface area contributed by atoms with Gasteiger partial charge in [0.05, 0.1) is 0 Å². The minimum absolute atomic E-state index is 0.134. The van der Waals surface area contributed by atoms with E-state index in [1.165, 1.54) is 11.8 Å². The number of nitrogens with zero attached hydrogens (tertiary/aromatic N) is 2. The summed E-state index contributed by atoms with van der Waals surface area (Å²) in [7, 11) is 0. The number of rotatable bonds is 5. The zero-order chi connectivity index (χ0) is 12.8. The standard InChI is InChI=1S/C13H13N3O2/c17-16(18)13-12(7-4-9-15-13)14-10-8-11-5-2-1-3-6-11/h1-7,9,14H,8,10H2. The highest BCUT2D eigenvalue weighted by atomic mass is 16.6. The second-order valence-electron chi connectivity index (χ2n) is 3.79. The molecule has 0 saturated carbocycles. The van der Waals surface area contributed by atoms with E-state index in [4.69, 9.17) is 0 Å². The molecule has 0 unspecified atom stereocenters. The lowest BCUT2D eigenvalue weighted by Crippen LogP contribution is -2.07. The molecule has 1 N–H and O–H groups in total. The number of hydrogen-bond donors (Lipinski definition) is 1. The molecular weight excluding hydrogens is 230 g/mol. The van der Waals surface area contributed by atoms with E-state index in [0.29, 0.717) is 12.2 Å². The van der Waals surface area contributed by atoms with E-state index in [1.54, 1.807) is 12.1 Å². The Kier molecular flexibility index (Phi) is 3.86. The van der Waals surface area contributed by atoms with Gasteiger partial charge in [0.15, 0.2) is 0 Å². The Balaban J connectivity index is 1.97. The summed E-state index contributed by atoms with van der Waals surface area (Å²) in [6.45, 7) is 0.635. The van der Waals surface area contributed by atoms with Crippen molar-refractivity contribution < 1.29 is 4.92 Å². The lowest BCUT2D eigenvalue weighted by atomic mass is 10.1. The van der Waals surface area contributed by atoms with Gasteiger partial charge in [-0.25, -0.2) is 0 Å². The smallest absolute Gasteiger partial charge is 0.378 e. The third-order valence-electron chi connectivity index (χ3n) is 2.53. The average Bonchev–Trinajstić information content (AvgIpc) is 2.40. The van der Waals surface area contributed by atoms with Gasteiger partial charge in [-0.05, 0) is 34.0 Å². The number of anilines is 1. The van der Waals surface area contributed by atoms with Crippen LogP contribution in [0.15, 0.2) is 48.7 Å². The average molecular weight is 243 g/mol. The molecule has 1 heterocycles. The van der Waals surface area contributed by atoms with Gasteiger partial charge in [0.25, 0.3) is 0 Å². The largest absolute Gasteiger partial charge is 0.386 e. The monoisotopic (exact) mass is 243 g/mol. The van der Waals surface area contributed by atoms with Crippen molar-refractivity contribution in [1.29, 1.82) is 0 Å². The second kappa shape index (κ2) is 5.77. The third-order valence-corrected chi connectivity index (χ3v) is 2.53. The van der Waals surface area contributed by atoms with Crippen molar-refractivity contribution in [1.82, 2.24) is 4.98 Å². The van der Waals surface area contributed by atoms with Gasteiger partial charge >= 0.3 is 5.82 Å². The molecule has 1 aromatic carbocycles. The molecule has 2 aromatic rings. The van der Waals surface area contributed by atoms with Gasteiger partial charge in [0, 0.05) is 6.54 Å². The molecule has 0 aliphatic heterocycles. The van der Waals surface area contributed by atoms with E-state index in [0.717, 1.165) is 6.42 Å². The van der Waals surface area contributed by atoms with Crippen LogP contribution in [0.1, 0.15) is 5.56 Å². The lowest BCUT2D eigenvalue weighted by Gasteiger charge is -2.06. The van der Waals surface area contributed by atoms with E-state index in [-0.39, 0.29) is 5.82 Å². The Bertz CT molecular complexity index is 529. The fourth-order valence-electron chi connectivity index (χ4n) is 1.67. The molecule has 5 heteroatoms. The van der Waals surface area contributed by atoms with Crippen molar-refractivity contribution in [3.63, 3.8) is 0 Å². The Morgan fingerprint density at radius 1 is 1.17 bits per heavy atom. The summed E-state index contributed by atoms with van der Waals surface area (Å²) in [6.07, 6.45) is 2.23. The van der Waals surface area contributed by atoms with E-state index in [2.05, 4.69) is 10.3 Å². The van der Waals surface area contributed by atoms with Crippen molar-refractivity contribution in [3.05, 3.63) is 64.3 Å². The third kappa shape index (κ3) is 3.04. The molecular formula is C13H13N3O2. The number of benzene rings is 1. The summed E-state index contributed by atoms with van der Waals surface area (Å²) in [4.78, 5) is 14.0. The highest BCUT2D eigenvalue weighted by Gasteiger charge is 2.12. The van der Waals surface area contributed by atoms with Gasteiger partial charge in [0.2, 0.25) is 0 Å². The predicted octanol–water partition coefficient (Wildman–Crippen LogP) is 2.64. The zero-order valence-corrected chi connectivity index (χ0v) is 9.74. The van der Waals surface area contributed by atoms with Crippen LogP contribution in [0.4, 0.5) is 11.5 Å². The molecule has 0 atom stereocenters. The van der Waals surface area contributed by atoms with Crippen LogP contribution < -0.4 is 5.32 Å². The van der Waals surface area contributed by atoms with Gasteiger partial charge in [-0.15, -0.1) is 0 Å². The number of pyridine rings is 1. The summed E-state index contributed by atoms with van der Waals surface area (Å²) in [5.41, 5.74) is 1.65. The van der Waals surface area contributed by atoms with E-state index in [9.17, 15) is 10.1 Å². The molecule has 1 aromatic heterocycles. The molecule has 5 nitrogen and oxygen atoms in total. The van der Waals surface area contributed by atoms with Gasteiger partial charge in [-0.1, -0.05) is 30.3 Å². The van der Waals surface area contributed by atoms with Gasteiger partial charge in [-0.3, -0.25) is 0 Å². The fraction of sp³-hybridized carbons (Fsp3) is 0.154. The van der Waals surface area contributed by atoms with Crippen LogP contribution in [-0.4, -0.2) is 16.5 Å². The lowest BCUT2D eigenvalue weighted by molar-refractivity contribution is -0.388. The van der Waals surface area contributed by atoms with Crippen LogP contribution in [0.5, 0.6) is 0 Å². The predicted molar refractivity (Wildman–Crippen MR) is 69.5 cm³/mol. The first kappa shape index (κ1) is 12.0. The molecule has 0 bridgehead atoms. The van der Waals surface area contributed by atoms with Gasteiger partial charge in [0.1, 0.15) is 11.9 Å². The first-order valence-electron chi connectivity index (χ1n) is 5.64. The Morgan fingerprint density at radius 3 is 2.67 bits per heavy atom. The molecule has 0 aliphatic carbocycles. The molecule has 2 rings (SSSR count). The normalized spacial score (nSPS) is 10.0. The maximum Gasteiger partial charge on any atom is 0.386 e. The Morgan fingerprint density at radius 2 is 1.94 bits per heavy atom. The highest BCUT2D eigenvalue weighted by molar-refractivity contribution is 5.56. The van der Waals surface area contributed by atoms with E-state index < -0.39 is 4.92 Å². The molecule has 0 spiro atoms. The Hall–Kier alpha value is -2.43. The summed E-state index contributed by atoms with van der Waals surface area (Å²) in [6, 6.07) is 13.3. The van der Waals surface area contributed by atoms with Gasteiger partial charge in [-0.2, -0.15) is 0 Å². The van der Waals surface area contributed by atoms with E-state index in [1.807, 2.05) is 30.3 Å². The van der Waals surface area contributed by atoms with E-state index >= 15 is 0 Å². The van der Waals surface area contributed by atoms with Crippen LogP contribution in [0.25, 0.3) is 0 Å². The molecule has 0 fully saturated rings. The van der Waals surface area contributed by atoms with Crippen molar-refractivity contribution in [3.8, 4) is 0 Å². The van der Waals surface area contributed by atoms with Crippen LogP contribution >= 0.6 is 0 Å². The maximum absolute atomic E-state index is 10.8. The van der Waals surface area contributed by atoms with Crippen molar-refractivity contribution >= 4 is 11.5 Å². The number of hydrogen-bond acceptors (Lipinski definition) is 4. The molecule has 0 amide bonds. The fourth-order valence-corrected chi connectivity index (χ4v) is 1.67. The van der Waals surface area contributed by atoms with Crippen molar-refractivity contribution in [2.45, 2.75) is 6.42 Å². The van der Waals surface area contributed by atoms with Crippen molar-refractivity contribution in [2.24, 2.45) is 0 Å². The van der Waals surface area contributed by atoms with Crippen LogP contribution in [0.2, 0.25) is 0 Å². The quantitative estimate of drug-likeness (QED) is 0.647. The summed E-state index contributed by atoms with van der Waals surface area (Å²) in [5.74, 6) is -0.134. The second-order valence-corrected chi connectivity index (χ2v) is 3.79. The Labute approximate surface area is 105 Å². The minimum atomic E-state index is -0.481. The SMILES string of the molecule is O=[N+]([O-])c1ncccc1NCCc1ccccc1. The van der Waals surface area contributed by atoms with Crippen LogP contribution in [0.3, 0.4) is 0 Å². The first-order chi connectivity index (χ1) is 8.77. The van der Waals surface area contributed by atoms with Crippen molar-refractivity contribution in [2.75, 3.05) is 11.9 Å². The summed E-state index contributed by atoms with van der Waals surface area (Å²) < 4.78 is 0. The summed E-state index contributed by atoms with van der Waals surface area (Å²) >= 11 is 0. The molecule has 0 radical (unpaired) electrons. The molecule has 18 heavy (non-hydrogen) atoms. The zero-order valence-electron chi connectivity index (χ0n) is 9.74. The first-order valence-corrected chi connectivity index (χ1v) is 5.64. The topological polar surface area (TPSA) is 68.1 Å².